The number of aromatic amines is 1. The number of aromatic nitrogens is 2. The van der Waals surface area contributed by atoms with Crippen LogP contribution in [0.5, 0.6) is 0 Å². The number of nitrogens with one attached hydrogen (secondary N) is 1. The van der Waals surface area contributed by atoms with Gasteiger partial charge in [0.1, 0.15) is 5.82 Å². The summed E-state index contributed by atoms with van der Waals surface area (Å²) < 4.78 is 21.2. The van der Waals surface area contributed by atoms with Crippen molar-refractivity contribution in [2.75, 3.05) is 19.7 Å². The SMILES string of the molecule is CCOC(O)N1CCC(n2c(=S)[nH]c3cc(F)ccc32)CC1. The molecule has 1 unspecified atom stereocenters. The molecule has 0 saturated carbocycles. The Morgan fingerprint density at radius 3 is 2.86 bits per heavy atom. The summed E-state index contributed by atoms with van der Waals surface area (Å²) in [6.07, 6.45) is 0.891. The molecule has 1 aliphatic heterocycles. The minimum atomic E-state index is -0.837. The van der Waals surface area contributed by atoms with Gasteiger partial charge in [-0.2, -0.15) is 0 Å². The van der Waals surface area contributed by atoms with Crippen LogP contribution in [0.2, 0.25) is 0 Å². The van der Waals surface area contributed by atoms with E-state index >= 15 is 0 Å². The molecule has 3 rings (SSSR count). The second-order valence-corrected chi connectivity index (χ2v) is 5.90. The number of aliphatic hydroxyl groups is 1. The van der Waals surface area contributed by atoms with Crippen molar-refractivity contribution < 1.29 is 14.2 Å². The molecule has 1 aromatic carbocycles. The van der Waals surface area contributed by atoms with E-state index in [-0.39, 0.29) is 11.9 Å². The van der Waals surface area contributed by atoms with Gasteiger partial charge < -0.3 is 19.4 Å². The topological polar surface area (TPSA) is 53.4 Å². The van der Waals surface area contributed by atoms with Crippen LogP contribution in [-0.2, 0) is 4.74 Å². The Labute approximate surface area is 133 Å². The molecule has 2 heterocycles. The van der Waals surface area contributed by atoms with Crippen LogP contribution >= 0.6 is 12.2 Å². The van der Waals surface area contributed by atoms with Gasteiger partial charge in [0.2, 0.25) is 6.41 Å². The maximum Gasteiger partial charge on any atom is 0.216 e. The number of hydrogen-bond acceptors (Lipinski definition) is 4. The molecule has 0 spiro atoms. The van der Waals surface area contributed by atoms with Gasteiger partial charge in [-0.05, 0) is 50.2 Å². The molecule has 0 radical (unpaired) electrons. The van der Waals surface area contributed by atoms with Crippen molar-refractivity contribution in [3.63, 3.8) is 0 Å². The first-order valence-corrected chi connectivity index (χ1v) is 7.94. The van der Waals surface area contributed by atoms with Crippen molar-refractivity contribution in [1.82, 2.24) is 14.5 Å². The van der Waals surface area contributed by atoms with Crippen molar-refractivity contribution in [1.29, 1.82) is 0 Å². The molecule has 1 saturated heterocycles. The number of imidazole rings is 1. The monoisotopic (exact) mass is 325 g/mol. The first-order valence-electron chi connectivity index (χ1n) is 7.53. The predicted octanol–water partition coefficient (Wildman–Crippen LogP) is 2.79. The third-order valence-electron chi connectivity index (χ3n) is 4.17. The lowest BCUT2D eigenvalue weighted by Crippen LogP contribution is -2.43. The lowest BCUT2D eigenvalue weighted by Gasteiger charge is -2.35. The van der Waals surface area contributed by atoms with Crippen LogP contribution in [0, 0.1) is 10.6 Å². The normalized spacial score (nSPS) is 18.9. The van der Waals surface area contributed by atoms with Crippen molar-refractivity contribution in [3.8, 4) is 0 Å². The number of piperidine rings is 1. The Hall–Kier alpha value is -1.28. The zero-order valence-corrected chi connectivity index (χ0v) is 13.3. The molecule has 1 aliphatic rings. The van der Waals surface area contributed by atoms with Crippen LogP contribution in [0.3, 0.4) is 0 Å². The van der Waals surface area contributed by atoms with Gasteiger partial charge in [-0.15, -0.1) is 0 Å². The van der Waals surface area contributed by atoms with Crippen LogP contribution in [0.15, 0.2) is 18.2 Å². The number of aliphatic hydroxyl groups excluding tert-OH is 1. The molecular weight excluding hydrogens is 305 g/mol. The van der Waals surface area contributed by atoms with E-state index in [0.717, 1.165) is 37.0 Å². The zero-order valence-electron chi connectivity index (χ0n) is 12.5. The van der Waals surface area contributed by atoms with Gasteiger partial charge in [-0.3, -0.25) is 4.90 Å². The maximum atomic E-state index is 13.3. The second kappa shape index (κ2) is 6.45. The first-order chi connectivity index (χ1) is 10.6. The number of hydrogen-bond donors (Lipinski definition) is 2. The molecule has 2 aromatic rings. The standard InChI is InChI=1S/C15H20FN3O2S/c1-2-21-15(20)18-7-5-11(6-8-18)19-13-4-3-10(16)9-12(13)17-14(19)22/h3-4,9,11,15,20H,2,5-8H2,1H3,(H,17,22). The summed E-state index contributed by atoms with van der Waals surface area (Å²) in [5.74, 6) is -0.273. The van der Waals surface area contributed by atoms with Gasteiger partial charge >= 0.3 is 0 Å². The summed E-state index contributed by atoms with van der Waals surface area (Å²) >= 11 is 5.40. The Kier molecular flexibility index (Phi) is 4.58. The van der Waals surface area contributed by atoms with Gasteiger partial charge in [0.15, 0.2) is 4.77 Å². The summed E-state index contributed by atoms with van der Waals surface area (Å²) in [5, 5.41) is 9.88. The van der Waals surface area contributed by atoms with Crippen LogP contribution in [0.25, 0.3) is 11.0 Å². The Bertz CT molecular complexity index is 706. The van der Waals surface area contributed by atoms with E-state index in [1.54, 1.807) is 6.07 Å². The highest BCUT2D eigenvalue weighted by Gasteiger charge is 2.26. The largest absolute Gasteiger partial charge is 0.356 e. The number of halogens is 1. The van der Waals surface area contributed by atoms with Gasteiger partial charge in [0, 0.05) is 25.7 Å². The number of likely N-dealkylation sites (tertiary alicyclic amines) is 1. The summed E-state index contributed by atoms with van der Waals surface area (Å²) in [6, 6.07) is 4.93. The molecule has 0 amide bonds. The number of benzene rings is 1. The molecule has 1 aromatic heterocycles. The van der Waals surface area contributed by atoms with E-state index < -0.39 is 6.41 Å². The third kappa shape index (κ3) is 2.94. The number of nitrogens with zero attached hydrogens (tertiary/aromatic N) is 2. The fourth-order valence-corrected chi connectivity index (χ4v) is 3.44. The highest BCUT2D eigenvalue weighted by Crippen LogP contribution is 2.28. The molecule has 0 aliphatic carbocycles. The van der Waals surface area contributed by atoms with E-state index in [9.17, 15) is 9.50 Å². The average Bonchev–Trinajstić information content (AvgIpc) is 2.82. The summed E-state index contributed by atoms with van der Waals surface area (Å²) in [7, 11) is 0. The van der Waals surface area contributed by atoms with Crippen molar-refractivity contribution in [2.24, 2.45) is 0 Å². The van der Waals surface area contributed by atoms with Gasteiger partial charge in [-0.1, -0.05) is 0 Å². The minimum absolute atomic E-state index is 0.247. The Morgan fingerprint density at radius 2 is 2.18 bits per heavy atom. The number of ether oxygens (including phenoxy) is 1. The van der Waals surface area contributed by atoms with Crippen LogP contribution in [-0.4, -0.2) is 45.7 Å². The van der Waals surface area contributed by atoms with Crippen LogP contribution < -0.4 is 0 Å². The molecule has 2 N–H and O–H groups in total. The van der Waals surface area contributed by atoms with Crippen molar-refractivity contribution in [3.05, 3.63) is 28.8 Å². The van der Waals surface area contributed by atoms with Crippen LogP contribution in [0.4, 0.5) is 4.39 Å². The fourth-order valence-electron chi connectivity index (χ4n) is 3.09. The minimum Gasteiger partial charge on any atom is -0.356 e. The number of rotatable bonds is 4. The highest BCUT2D eigenvalue weighted by molar-refractivity contribution is 7.71. The lowest BCUT2D eigenvalue weighted by atomic mass is 10.0. The summed E-state index contributed by atoms with van der Waals surface area (Å²) in [6.45, 7) is 3.82. The molecule has 5 nitrogen and oxygen atoms in total. The average molecular weight is 325 g/mol. The molecule has 0 bridgehead atoms. The molecule has 1 atom stereocenters. The second-order valence-electron chi connectivity index (χ2n) is 5.51. The maximum absolute atomic E-state index is 13.3. The quantitative estimate of drug-likeness (QED) is 0.670. The van der Waals surface area contributed by atoms with E-state index in [2.05, 4.69) is 9.55 Å². The molecular formula is C15H20FN3O2S. The molecule has 1 fully saturated rings. The summed E-state index contributed by atoms with van der Waals surface area (Å²) in [5.41, 5.74) is 1.65. The predicted molar refractivity (Wildman–Crippen MR) is 84.6 cm³/mol. The Balaban J connectivity index is 1.79. The molecule has 7 heteroatoms. The van der Waals surface area contributed by atoms with E-state index in [0.29, 0.717) is 11.4 Å². The van der Waals surface area contributed by atoms with Crippen molar-refractivity contribution in [2.45, 2.75) is 32.2 Å². The number of fused-ring (bicyclic) bond motifs is 1. The number of H-pyrrole nitrogens is 1. The highest BCUT2D eigenvalue weighted by atomic mass is 32.1. The van der Waals surface area contributed by atoms with E-state index in [4.69, 9.17) is 17.0 Å². The molecule has 22 heavy (non-hydrogen) atoms. The van der Waals surface area contributed by atoms with Gasteiger partial charge in [0.25, 0.3) is 0 Å². The molecule has 120 valence electrons. The fraction of sp³-hybridized carbons (Fsp3) is 0.533. The third-order valence-corrected chi connectivity index (χ3v) is 4.47. The van der Waals surface area contributed by atoms with E-state index in [1.807, 2.05) is 11.8 Å². The summed E-state index contributed by atoms with van der Waals surface area (Å²) in [4.78, 5) is 4.98. The first kappa shape index (κ1) is 15.6. The smallest absolute Gasteiger partial charge is 0.216 e. The lowest BCUT2D eigenvalue weighted by molar-refractivity contribution is -0.196. The van der Waals surface area contributed by atoms with Gasteiger partial charge in [-0.25, -0.2) is 4.39 Å². The van der Waals surface area contributed by atoms with Gasteiger partial charge in [0.05, 0.1) is 11.0 Å². The van der Waals surface area contributed by atoms with E-state index in [1.165, 1.54) is 12.1 Å². The zero-order chi connectivity index (χ0) is 15.7. The van der Waals surface area contributed by atoms with Crippen molar-refractivity contribution >= 4 is 23.3 Å². The Morgan fingerprint density at radius 1 is 1.45 bits per heavy atom. The van der Waals surface area contributed by atoms with Crippen LogP contribution in [0.1, 0.15) is 25.8 Å².